The summed E-state index contributed by atoms with van der Waals surface area (Å²) in [5, 5.41) is 0. The minimum atomic E-state index is -2.78. The van der Waals surface area contributed by atoms with Crippen molar-refractivity contribution >= 4 is 31.9 Å². The average molecular weight is 305 g/mol. The molecule has 0 aliphatic carbocycles. The number of nitrogens with zero attached hydrogens (tertiary/aromatic N) is 1. The third-order valence-corrected chi connectivity index (χ3v) is 2.31. The van der Waals surface area contributed by atoms with Crippen molar-refractivity contribution in [3.8, 4) is 0 Å². The van der Waals surface area contributed by atoms with Crippen molar-refractivity contribution in [1.82, 2.24) is 4.98 Å². The topological polar surface area (TPSA) is 12.9 Å². The quantitative estimate of drug-likeness (QED) is 0.721. The van der Waals surface area contributed by atoms with E-state index in [1.54, 1.807) is 0 Å². The normalized spacial score (nSPS) is 10.8. The van der Waals surface area contributed by atoms with Gasteiger partial charge >= 0.3 is 0 Å². The van der Waals surface area contributed by atoms with E-state index in [1.165, 1.54) is 6.07 Å². The lowest BCUT2D eigenvalue weighted by Gasteiger charge is -2.02. The first-order valence-electron chi connectivity index (χ1n) is 2.82. The van der Waals surface area contributed by atoms with E-state index in [1.807, 2.05) is 0 Å². The predicted octanol–water partition coefficient (Wildman–Crippen LogP) is 3.68. The third kappa shape index (κ3) is 1.98. The van der Waals surface area contributed by atoms with Crippen molar-refractivity contribution in [3.05, 3.63) is 26.7 Å². The molecular formula is C6H2Br2F3N. The van der Waals surface area contributed by atoms with Crippen LogP contribution in [0.1, 0.15) is 12.1 Å². The lowest BCUT2D eigenvalue weighted by Crippen LogP contribution is -1.95. The summed E-state index contributed by atoms with van der Waals surface area (Å²) in [7, 11) is 0. The summed E-state index contributed by atoms with van der Waals surface area (Å²) in [4.78, 5) is 3.06. The molecule has 0 atom stereocenters. The second kappa shape index (κ2) is 3.74. The summed E-state index contributed by atoms with van der Waals surface area (Å²) in [6.07, 6.45) is -2.78. The van der Waals surface area contributed by atoms with Crippen LogP contribution < -0.4 is 0 Å². The Bertz CT molecular complexity index is 303. The Balaban J connectivity index is 3.23. The van der Waals surface area contributed by atoms with Gasteiger partial charge in [0, 0.05) is 4.47 Å². The molecule has 0 aliphatic rings. The molecule has 0 unspecified atom stereocenters. The Labute approximate surface area is 83.2 Å². The smallest absolute Gasteiger partial charge is 0.217 e. The van der Waals surface area contributed by atoms with Crippen molar-refractivity contribution in [2.24, 2.45) is 0 Å². The largest absolute Gasteiger partial charge is 0.281 e. The molecule has 6 heteroatoms. The van der Waals surface area contributed by atoms with Gasteiger partial charge in [-0.1, -0.05) is 0 Å². The summed E-state index contributed by atoms with van der Waals surface area (Å²) in [5.41, 5.74) is -0.587. The third-order valence-electron chi connectivity index (χ3n) is 1.12. The highest BCUT2D eigenvalue weighted by Gasteiger charge is 2.16. The van der Waals surface area contributed by atoms with Gasteiger partial charge in [-0.2, -0.15) is 4.39 Å². The molecule has 0 aliphatic heterocycles. The van der Waals surface area contributed by atoms with Gasteiger partial charge in [0.15, 0.2) is 0 Å². The van der Waals surface area contributed by atoms with Crippen LogP contribution in [0.4, 0.5) is 13.2 Å². The van der Waals surface area contributed by atoms with Crippen molar-refractivity contribution in [3.63, 3.8) is 0 Å². The number of hydrogen-bond donors (Lipinski definition) is 0. The van der Waals surface area contributed by atoms with Crippen molar-refractivity contribution < 1.29 is 13.2 Å². The minimum Gasteiger partial charge on any atom is -0.217 e. The molecule has 0 fully saturated rings. The maximum absolute atomic E-state index is 12.6. The van der Waals surface area contributed by atoms with Crippen LogP contribution in [-0.4, -0.2) is 4.98 Å². The van der Waals surface area contributed by atoms with Gasteiger partial charge in [0.2, 0.25) is 5.95 Å². The molecule has 0 radical (unpaired) electrons. The van der Waals surface area contributed by atoms with Gasteiger partial charge in [0.1, 0.15) is 5.69 Å². The summed E-state index contributed by atoms with van der Waals surface area (Å²) < 4.78 is 36.9. The standard InChI is InChI=1S/C6H2Br2F3N/c7-2-1-3(8)6(11)12-4(2)5(9)10/h1,5H. The lowest BCUT2D eigenvalue weighted by molar-refractivity contribution is 0.143. The molecule has 12 heavy (non-hydrogen) atoms. The molecule has 0 aromatic carbocycles. The Kier molecular flexibility index (Phi) is 3.11. The van der Waals surface area contributed by atoms with Crippen molar-refractivity contribution in [2.45, 2.75) is 6.43 Å². The molecule has 0 N–H and O–H groups in total. The molecular weight excluding hydrogens is 303 g/mol. The van der Waals surface area contributed by atoms with E-state index in [0.29, 0.717) is 0 Å². The fourth-order valence-corrected chi connectivity index (χ4v) is 1.73. The van der Waals surface area contributed by atoms with Crippen LogP contribution in [0.25, 0.3) is 0 Å². The minimum absolute atomic E-state index is 0.0544. The first-order valence-corrected chi connectivity index (χ1v) is 4.40. The van der Waals surface area contributed by atoms with Crippen molar-refractivity contribution in [1.29, 1.82) is 0 Å². The van der Waals surface area contributed by atoms with Crippen LogP contribution in [-0.2, 0) is 0 Å². The zero-order valence-electron chi connectivity index (χ0n) is 5.49. The van der Waals surface area contributed by atoms with Gasteiger partial charge in [0.25, 0.3) is 6.43 Å². The van der Waals surface area contributed by atoms with Crippen LogP contribution >= 0.6 is 31.9 Å². The monoisotopic (exact) mass is 303 g/mol. The van der Waals surface area contributed by atoms with Crippen LogP contribution in [0.5, 0.6) is 0 Å². The Morgan fingerprint density at radius 2 is 1.83 bits per heavy atom. The molecule has 1 rings (SSSR count). The molecule has 0 saturated heterocycles. The van der Waals surface area contributed by atoms with Gasteiger partial charge in [-0.25, -0.2) is 13.8 Å². The number of alkyl halides is 2. The maximum Gasteiger partial charge on any atom is 0.281 e. The number of rotatable bonds is 1. The molecule has 0 bridgehead atoms. The van der Waals surface area contributed by atoms with E-state index in [2.05, 4.69) is 36.8 Å². The van der Waals surface area contributed by atoms with Crippen LogP contribution in [0.3, 0.4) is 0 Å². The number of hydrogen-bond acceptors (Lipinski definition) is 1. The zero-order chi connectivity index (χ0) is 9.30. The fourth-order valence-electron chi connectivity index (χ4n) is 0.610. The van der Waals surface area contributed by atoms with Crippen LogP contribution in [0, 0.1) is 5.95 Å². The molecule has 66 valence electrons. The van der Waals surface area contributed by atoms with E-state index in [9.17, 15) is 13.2 Å². The maximum atomic E-state index is 12.6. The molecule has 0 spiro atoms. The second-order valence-corrected chi connectivity index (χ2v) is 3.64. The highest BCUT2D eigenvalue weighted by atomic mass is 79.9. The van der Waals surface area contributed by atoms with Gasteiger partial charge in [-0.05, 0) is 37.9 Å². The van der Waals surface area contributed by atoms with Gasteiger partial charge < -0.3 is 0 Å². The Morgan fingerprint density at radius 1 is 1.25 bits per heavy atom. The zero-order valence-corrected chi connectivity index (χ0v) is 8.66. The fraction of sp³-hybridized carbons (Fsp3) is 0.167. The Hall–Kier alpha value is -0.100. The SMILES string of the molecule is Fc1nc(C(F)F)c(Br)cc1Br. The van der Waals surface area contributed by atoms with Gasteiger partial charge in [0.05, 0.1) is 4.47 Å². The molecule has 0 amide bonds. The Morgan fingerprint density at radius 3 is 2.33 bits per heavy atom. The summed E-state index contributed by atoms with van der Waals surface area (Å²) in [6, 6.07) is 1.20. The number of pyridine rings is 1. The number of aromatic nitrogens is 1. The van der Waals surface area contributed by atoms with E-state index in [4.69, 9.17) is 0 Å². The average Bonchev–Trinajstić information content (AvgIpc) is 1.96. The van der Waals surface area contributed by atoms with Crippen LogP contribution in [0.15, 0.2) is 15.0 Å². The molecule has 1 heterocycles. The highest BCUT2D eigenvalue weighted by Crippen LogP contribution is 2.28. The molecule has 1 aromatic rings. The van der Waals surface area contributed by atoms with Gasteiger partial charge in [-0.15, -0.1) is 0 Å². The van der Waals surface area contributed by atoms with E-state index in [-0.39, 0.29) is 8.95 Å². The summed E-state index contributed by atoms with van der Waals surface area (Å²) in [5.74, 6) is -0.937. The highest BCUT2D eigenvalue weighted by molar-refractivity contribution is 9.11. The van der Waals surface area contributed by atoms with E-state index in [0.717, 1.165) is 0 Å². The molecule has 1 nitrogen and oxygen atoms in total. The van der Waals surface area contributed by atoms with Crippen LogP contribution in [0.2, 0.25) is 0 Å². The van der Waals surface area contributed by atoms with E-state index < -0.39 is 18.1 Å². The summed E-state index contributed by atoms with van der Waals surface area (Å²) in [6.45, 7) is 0. The summed E-state index contributed by atoms with van der Waals surface area (Å²) >= 11 is 5.66. The first-order chi connectivity index (χ1) is 5.52. The van der Waals surface area contributed by atoms with Gasteiger partial charge in [-0.3, -0.25) is 0 Å². The second-order valence-electron chi connectivity index (χ2n) is 1.93. The van der Waals surface area contributed by atoms with Crippen molar-refractivity contribution in [2.75, 3.05) is 0 Å². The first kappa shape index (κ1) is 9.98. The number of halogens is 5. The molecule has 1 aromatic heterocycles. The molecule has 0 saturated carbocycles. The van der Waals surface area contributed by atoms with E-state index >= 15 is 0 Å². The lowest BCUT2D eigenvalue weighted by atomic mass is 10.4. The predicted molar refractivity (Wildman–Crippen MR) is 44.6 cm³/mol.